The Kier molecular flexibility index (Phi) is 3.67. The molecule has 4 unspecified atom stereocenters. The second-order valence-electron chi connectivity index (χ2n) is 5.87. The molecule has 1 saturated carbocycles. The van der Waals surface area contributed by atoms with Gasteiger partial charge in [0.1, 0.15) is 18.1 Å². The molecule has 1 fully saturated rings. The molecule has 2 bridgehead atoms. The van der Waals surface area contributed by atoms with Gasteiger partial charge in [-0.3, -0.25) is 14.4 Å². The van der Waals surface area contributed by atoms with E-state index in [9.17, 15) is 24.6 Å². The van der Waals surface area contributed by atoms with Crippen LogP contribution in [0.4, 0.5) is 0 Å². The Hall–Kier alpha value is -2.63. The van der Waals surface area contributed by atoms with E-state index in [4.69, 9.17) is 4.74 Å². The van der Waals surface area contributed by atoms with E-state index in [0.29, 0.717) is 17.9 Å². The van der Waals surface area contributed by atoms with Gasteiger partial charge >= 0.3 is 11.9 Å². The number of fused-ring (bicyclic) bond motifs is 2. The molecule has 6 nitrogen and oxygen atoms in total. The van der Waals surface area contributed by atoms with Crippen molar-refractivity contribution < 1.29 is 29.3 Å². The zero-order valence-electron chi connectivity index (χ0n) is 12.3. The molecule has 4 atom stereocenters. The first-order chi connectivity index (χ1) is 11.0. The van der Waals surface area contributed by atoms with Crippen molar-refractivity contribution >= 4 is 17.7 Å². The number of ether oxygens (including phenoxy) is 1. The number of hydrogen-bond donors (Lipinski definition) is 2. The van der Waals surface area contributed by atoms with E-state index in [-0.39, 0.29) is 12.2 Å². The molecule has 23 heavy (non-hydrogen) atoms. The molecule has 1 aromatic rings. The van der Waals surface area contributed by atoms with Crippen LogP contribution in [0.5, 0.6) is 5.75 Å². The number of benzene rings is 1. The van der Waals surface area contributed by atoms with Crippen molar-refractivity contribution in [3.63, 3.8) is 0 Å². The van der Waals surface area contributed by atoms with Gasteiger partial charge in [0.2, 0.25) is 0 Å². The number of carbonyl (C=O) groups excluding carboxylic acids is 1. The van der Waals surface area contributed by atoms with Crippen molar-refractivity contribution in [1.29, 1.82) is 0 Å². The van der Waals surface area contributed by atoms with Crippen LogP contribution in [-0.4, -0.2) is 34.5 Å². The predicted molar refractivity (Wildman–Crippen MR) is 79.5 cm³/mol. The maximum atomic E-state index is 12.3. The van der Waals surface area contributed by atoms with Crippen LogP contribution >= 0.6 is 0 Å². The fourth-order valence-electron chi connectivity index (χ4n) is 3.83. The molecule has 0 spiro atoms. The minimum absolute atomic E-state index is 0.0747. The van der Waals surface area contributed by atoms with Gasteiger partial charge in [-0.05, 0) is 23.3 Å². The molecule has 0 saturated heterocycles. The van der Waals surface area contributed by atoms with Crippen LogP contribution in [0.1, 0.15) is 29.4 Å². The van der Waals surface area contributed by atoms with Crippen molar-refractivity contribution in [2.24, 2.45) is 11.8 Å². The van der Waals surface area contributed by atoms with Gasteiger partial charge in [-0.15, -0.1) is 0 Å². The van der Waals surface area contributed by atoms with E-state index in [1.54, 1.807) is 24.3 Å². The van der Waals surface area contributed by atoms with Crippen LogP contribution in [0.2, 0.25) is 0 Å². The first kappa shape index (κ1) is 15.3. The van der Waals surface area contributed by atoms with Gasteiger partial charge in [-0.25, -0.2) is 0 Å². The number of aliphatic carboxylic acids is 2. The van der Waals surface area contributed by atoms with Crippen molar-refractivity contribution in [2.45, 2.75) is 18.3 Å². The van der Waals surface area contributed by atoms with E-state index in [0.717, 1.165) is 5.56 Å². The third-order valence-electron chi connectivity index (χ3n) is 4.68. The molecule has 4 rings (SSSR count). The van der Waals surface area contributed by atoms with Crippen molar-refractivity contribution in [3.8, 4) is 5.75 Å². The molecule has 0 heterocycles. The smallest absolute Gasteiger partial charge is 0.308 e. The van der Waals surface area contributed by atoms with Crippen LogP contribution in [0.15, 0.2) is 30.9 Å². The summed E-state index contributed by atoms with van der Waals surface area (Å²) in [5, 5.41) is 18.9. The van der Waals surface area contributed by atoms with Crippen LogP contribution in [0.25, 0.3) is 0 Å². The zero-order valence-corrected chi connectivity index (χ0v) is 12.3. The summed E-state index contributed by atoms with van der Waals surface area (Å²) in [6.45, 7) is 3.85. The molecule has 0 amide bonds. The summed E-state index contributed by atoms with van der Waals surface area (Å²) in [6, 6.07) is 5.11. The molecule has 120 valence electrons. The summed E-state index contributed by atoms with van der Waals surface area (Å²) in [5.41, 5.74) is 1.32. The summed E-state index contributed by atoms with van der Waals surface area (Å²) >= 11 is 0. The van der Waals surface area contributed by atoms with E-state index in [2.05, 4.69) is 6.58 Å². The van der Waals surface area contributed by atoms with Gasteiger partial charge in [0.25, 0.3) is 0 Å². The van der Waals surface area contributed by atoms with Crippen LogP contribution in [0, 0.1) is 11.8 Å². The topological polar surface area (TPSA) is 101 Å². The Bertz CT molecular complexity index is 707. The number of hydrogen-bond acceptors (Lipinski definition) is 4. The number of Topliss-reactive ketones (excluding diaryl/α,β-unsaturated/α-hetero) is 1. The standard InChI is InChI=1S/C17H16O6/c1-2-5-23-8-3-4-9-10(6-8)13-12(18)7-11(9)14(16(19)20)15(13)17(21)22/h2-4,6,11,13-15H,1,5,7H2,(H,19,20)(H,21,22). The first-order valence-electron chi connectivity index (χ1n) is 7.31. The van der Waals surface area contributed by atoms with Gasteiger partial charge in [-0.1, -0.05) is 18.7 Å². The summed E-state index contributed by atoms with van der Waals surface area (Å²) in [5.74, 6) is -5.96. The van der Waals surface area contributed by atoms with E-state index in [1.807, 2.05) is 0 Å². The predicted octanol–water partition coefficient (Wildman–Crippen LogP) is 1.81. The second kappa shape index (κ2) is 5.53. The molecular weight excluding hydrogens is 300 g/mol. The molecule has 6 heteroatoms. The van der Waals surface area contributed by atoms with Gasteiger partial charge < -0.3 is 14.9 Å². The molecule has 0 aliphatic heterocycles. The molecule has 0 aromatic heterocycles. The molecule has 3 aliphatic rings. The SMILES string of the molecule is C=CCOc1ccc2c(c1)C1C(=O)CC2C(C(=O)O)C1C(=O)O. The molecule has 0 radical (unpaired) electrons. The van der Waals surface area contributed by atoms with Crippen molar-refractivity contribution in [3.05, 3.63) is 42.0 Å². The fourth-order valence-corrected chi connectivity index (χ4v) is 3.83. The Morgan fingerprint density at radius 1 is 1.22 bits per heavy atom. The molecule has 3 aliphatic carbocycles. The van der Waals surface area contributed by atoms with Crippen LogP contribution < -0.4 is 4.74 Å². The average Bonchev–Trinajstić information content (AvgIpc) is 2.51. The summed E-state index contributed by atoms with van der Waals surface area (Å²) in [7, 11) is 0. The van der Waals surface area contributed by atoms with Gasteiger partial charge in [-0.2, -0.15) is 0 Å². The van der Waals surface area contributed by atoms with Gasteiger partial charge in [0, 0.05) is 12.3 Å². The van der Waals surface area contributed by atoms with Crippen molar-refractivity contribution in [2.75, 3.05) is 6.61 Å². The lowest BCUT2D eigenvalue weighted by molar-refractivity contribution is -0.160. The molecule has 1 aromatic carbocycles. The number of ketones is 1. The van der Waals surface area contributed by atoms with Gasteiger partial charge in [0.05, 0.1) is 17.8 Å². The Labute approximate surface area is 132 Å². The summed E-state index contributed by atoms with van der Waals surface area (Å²) in [4.78, 5) is 35.5. The average molecular weight is 316 g/mol. The highest BCUT2D eigenvalue weighted by Gasteiger charge is 2.56. The Balaban J connectivity index is 2.11. The lowest BCUT2D eigenvalue weighted by Crippen LogP contribution is -2.49. The monoisotopic (exact) mass is 316 g/mol. The number of rotatable bonds is 5. The van der Waals surface area contributed by atoms with E-state index < -0.39 is 35.6 Å². The van der Waals surface area contributed by atoms with Crippen LogP contribution in [-0.2, 0) is 14.4 Å². The Morgan fingerprint density at radius 2 is 1.91 bits per heavy atom. The van der Waals surface area contributed by atoms with E-state index in [1.165, 1.54) is 0 Å². The number of carboxylic acid groups (broad SMARTS) is 2. The first-order valence-corrected chi connectivity index (χ1v) is 7.31. The maximum Gasteiger partial charge on any atom is 0.308 e. The number of carboxylic acids is 2. The molecule has 2 N–H and O–H groups in total. The largest absolute Gasteiger partial charge is 0.490 e. The van der Waals surface area contributed by atoms with Crippen molar-refractivity contribution in [1.82, 2.24) is 0 Å². The fraction of sp³-hybridized carbons (Fsp3) is 0.353. The summed E-state index contributed by atoms with van der Waals surface area (Å²) in [6.07, 6.45) is 1.66. The normalized spacial score (nSPS) is 28.1. The maximum absolute atomic E-state index is 12.3. The van der Waals surface area contributed by atoms with Crippen LogP contribution in [0.3, 0.4) is 0 Å². The summed E-state index contributed by atoms with van der Waals surface area (Å²) < 4.78 is 5.44. The quantitative estimate of drug-likeness (QED) is 0.803. The minimum Gasteiger partial charge on any atom is -0.490 e. The second-order valence-corrected chi connectivity index (χ2v) is 5.87. The highest BCUT2D eigenvalue weighted by molar-refractivity contribution is 5.98. The lowest BCUT2D eigenvalue weighted by atomic mass is 9.55. The third kappa shape index (κ3) is 2.30. The third-order valence-corrected chi connectivity index (χ3v) is 4.68. The van der Waals surface area contributed by atoms with Gasteiger partial charge in [0.15, 0.2) is 0 Å². The lowest BCUT2D eigenvalue weighted by Gasteiger charge is -2.45. The minimum atomic E-state index is -1.25. The zero-order chi connectivity index (χ0) is 16.7. The number of carbonyl (C=O) groups is 3. The van der Waals surface area contributed by atoms with E-state index >= 15 is 0 Å². The highest BCUT2D eigenvalue weighted by Crippen LogP contribution is 2.54. The molecular formula is C17H16O6. The Morgan fingerprint density at radius 3 is 2.52 bits per heavy atom. The highest BCUT2D eigenvalue weighted by atomic mass is 16.5.